The van der Waals surface area contributed by atoms with Gasteiger partial charge in [-0.25, -0.2) is 0 Å². The number of rotatable bonds is 3. The van der Waals surface area contributed by atoms with Crippen molar-refractivity contribution in [3.63, 3.8) is 0 Å². The smallest absolute Gasteiger partial charge is 0 e. The second-order valence-electron chi connectivity index (χ2n) is 1.45. The van der Waals surface area contributed by atoms with Crippen molar-refractivity contribution in [2.45, 2.75) is 6.92 Å². The van der Waals surface area contributed by atoms with Gasteiger partial charge in [-0.1, -0.05) is 6.92 Å². The molecule has 0 rings (SSSR count). The Balaban J connectivity index is -0.0000000114. The molecule has 0 radical (unpaired) electrons. The Bertz CT molecular complexity index is 157. The average Bonchev–Trinajstić information content (AvgIpc) is 1.89. The minimum absolute atomic E-state index is 0. The topological polar surface area (TPSA) is 0 Å². The molecule has 0 amide bonds. The molecule has 0 aromatic heterocycles. The van der Waals surface area contributed by atoms with E-state index in [-0.39, 0.29) is 285 Å². The van der Waals surface area contributed by atoms with Gasteiger partial charge in [0.1, 0.15) is 0 Å². The van der Waals surface area contributed by atoms with Crippen LogP contribution < -0.4 is 0 Å². The van der Waals surface area contributed by atoms with Crippen molar-refractivity contribution in [3.05, 3.63) is 49.1 Å². The minimum Gasteiger partial charge on any atom is -0.184 e. The van der Waals surface area contributed by atoms with E-state index in [1.54, 1.807) is 6.08 Å². The molecule has 0 fully saturated rings. The Morgan fingerprint density at radius 1 is 0.824 bits per heavy atom. The number of allylic oxidation sites excluding steroid dienone is 7. The van der Waals surface area contributed by atoms with E-state index in [9.17, 15) is 0 Å². The first-order valence-corrected chi connectivity index (χ1v) is 2.90. The molecule has 0 bridgehead atoms. The van der Waals surface area contributed by atoms with Gasteiger partial charge >= 0.3 is 0 Å². The van der Waals surface area contributed by atoms with Gasteiger partial charge in [0.25, 0.3) is 0 Å². The molecule has 0 atom stereocenters. The van der Waals surface area contributed by atoms with Crippen molar-refractivity contribution in [1.82, 2.24) is 0 Å². The van der Waals surface area contributed by atoms with E-state index in [4.69, 9.17) is 0 Å². The summed E-state index contributed by atoms with van der Waals surface area (Å²) in [5.74, 6) is 0. The first kappa shape index (κ1) is 56.2. The van der Waals surface area contributed by atoms with Crippen LogP contribution in [0.2, 0.25) is 0 Å². The first-order chi connectivity index (χ1) is 4.41. The molecule has 0 unspecified atom stereocenters. The Hall–Kier alpha value is 8.47. The van der Waals surface area contributed by atoms with Gasteiger partial charge in [0.15, 0.2) is 0 Å². The van der Waals surface area contributed by atoms with Crippen molar-refractivity contribution in [2.24, 2.45) is 0 Å². The monoisotopic (exact) mass is 583 g/mol. The first-order valence-electron chi connectivity index (χ1n) is 2.90. The van der Waals surface area contributed by atoms with Crippen LogP contribution in [-0.4, -0.2) is 0 Å². The maximum Gasteiger partial charge on any atom is 0 e. The molecule has 0 aromatic carbocycles. The van der Waals surface area contributed by atoms with Crippen LogP contribution in [-0.2, 0) is 21.1 Å². The van der Waals surface area contributed by atoms with E-state index in [0.717, 1.165) is 0 Å². The van der Waals surface area contributed by atoms with Crippen LogP contribution in [0.4, 0.5) is 0 Å². The van der Waals surface area contributed by atoms with E-state index in [2.05, 4.69) is 12.7 Å². The maximum atomic E-state index is 3.52. The van der Waals surface area contributed by atoms with Crippen molar-refractivity contribution in [2.75, 3.05) is 0 Å². The van der Waals surface area contributed by atoms with E-state index >= 15 is 0 Å². The molecule has 110 valence electrons. The fraction of sp³-hybridized carbons (Fsp3) is 0.111. The van der Waals surface area contributed by atoms with E-state index in [0.29, 0.717) is 0 Å². The van der Waals surface area contributed by atoms with Gasteiger partial charge in [-0.2, -0.15) is 30.4 Å². The van der Waals surface area contributed by atoms with E-state index < -0.39 is 0 Å². The Kier molecular flexibility index (Phi) is 186. The summed E-state index contributed by atoms with van der Waals surface area (Å²) in [6.07, 6.45) is 14.0. The minimum atomic E-state index is 0. The molecule has 0 aliphatic rings. The number of hydrogen-bond donors (Lipinski definition) is 0. The molecule has 0 saturated heterocycles. The van der Waals surface area contributed by atoms with Gasteiger partial charge in [-0.05, 0) is 0 Å². The summed E-state index contributed by atoms with van der Waals surface area (Å²) in [6.45, 7) is 5.49. The molecule has 0 aliphatic carbocycles. The predicted octanol–water partition coefficient (Wildman–Crippen LogP) is 2.66. The molecule has 17 heavy (non-hydrogen) atoms. The molecule has 0 spiro atoms. The summed E-state index contributed by atoms with van der Waals surface area (Å²) in [7, 11) is 0. The molecular formula is C9H11Ar7W-. The van der Waals surface area contributed by atoms with Gasteiger partial charge in [0.2, 0.25) is 0 Å². The second kappa shape index (κ2) is 56.3. The molecule has 0 aliphatic heterocycles. The summed E-state index contributed by atoms with van der Waals surface area (Å²) in [4.78, 5) is 0. The van der Waals surface area contributed by atoms with Gasteiger partial charge in [-0.3, -0.25) is 0 Å². The van der Waals surface area contributed by atoms with Crippen LogP contribution in [0.1, 0.15) is 6.92 Å². The third-order valence-corrected chi connectivity index (χ3v) is 0.713. The predicted molar refractivity (Wildman–Crippen MR) is 42.0 cm³/mol. The van der Waals surface area contributed by atoms with Crippen molar-refractivity contribution < 1.29 is 285 Å². The van der Waals surface area contributed by atoms with Crippen LogP contribution in [0.25, 0.3) is 0 Å². The zero-order valence-electron chi connectivity index (χ0n) is 8.55. The quantitative estimate of drug-likeness (QED) is 0.355. The van der Waals surface area contributed by atoms with Crippen LogP contribution in [0.5, 0.6) is 0 Å². The van der Waals surface area contributed by atoms with Crippen molar-refractivity contribution in [1.29, 1.82) is 0 Å². The second-order valence-corrected chi connectivity index (χ2v) is 1.45. The Morgan fingerprint density at radius 3 is 1.53 bits per heavy atom. The SMILES string of the molecule is C=C/C=C/[C-]=C/C=C/C.[Ar].[Ar].[Ar].[Ar].[Ar].[Ar].[Ar].[W]. The average molecular weight is 583 g/mol. The third kappa shape index (κ3) is 59.0. The molecule has 8 heteroatoms. The van der Waals surface area contributed by atoms with Crippen molar-refractivity contribution in [3.8, 4) is 0 Å². The van der Waals surface area contributed by atoms with E-state index in [1.165, 1.54) is 0 Å². The standard InChI is InChI=1S/C9H11.7Ar.W/c1-3-5-7-9-8-6-4-2;;;;;;;;/h3-8H,1H2,2H3;;;;;;;;/q-1;;;;;;;;/b6-4+,7-5+;;;;;;;;. The molecule has 0 saturated carbocycles. The summed E-state index contributed by atoms with van der Waals surface area (Å²) in [6, 6.07) is 0. The zero-order chi connectivity index (χ0) is 6.95. The Morgan fingerprint density at radius 2 is 1.24 bits per heavy atom. The van der Waals surface area contributed by atoms with Crippen LogP contribution in [0, 0.1) is 270 Å². The largest absolute Gasteiger partial charge is 0.184 e. The zero-order valence-corrected chi connectivity index (χ0v) is 16.4. The fourth-order valence-corrected chi connectivity index (χ4v) is 0.331. The van der Waals surface area contributed by atoms with Gasteiger partial charge < -0.3 is 0 Å². The van der Waals surface area contributed by atoms with Crippen LogP contribution in [0.3, 0.4) is 0 Å². The summed E-state index contributed by atoms with van der Waals surface area (Å²) in [5.41, 5.74) is 0. The van der Waals surface area contributed by atoms with Gasteiger partial charge in [0.05, 0.1) is 0 Å². The molecule has 0 aromatic rings. The van der Waals surface area contributed by atoms with Crippen LogP contribution >= 0.6 is 0 Å². The molecule has 0 N–H and O–H groups in total. The molecule has 0 nitrogen and oxygen atoms in total. The van der Waals surface area contributed by atoms with Crippen LogP contribution in [0.15, 0.2) is 43.0 Å². The summed E-state index contributed by atoms with van der Waals surface area (Å²) in [5, 5.41) is 0. The van der Waals surface area contributed by atoms with Gasteiger partial charge in [-0.15, -0.1) is 18.7 Å². The Labute approximate surface area is 330 Å². The normalized spacial score (nSPS) is 6.41. The van der Waals surface area contributed by atoms with E-state index in [1.807, 2.05) is 37.3 Å². The number of hydrogen-bond acceptors (Lipinski definition) is 0. The third-order valence-electron chi connectivity index (χ3n) is 0.713. The maximum absolute atomic E-state index is 3.52. The molecular weight excluding hydrogens is 572 g/mol. The van der Waals surface area contributed by atoms with Crippen molar-refractivity contribution >= 4 is 0 Å². The summed E-state index contributed by atoms with van der Waals surface area (Å²) >= 11 is 0. The fourth-order valence-electron chi connectivity index (χ4n) is 0.331. The summed E-state index contributed by atoms with van der Waals surface area (Å²) < 4.78 is 0. The molecule has 0 heterocycles. The van der Waals surface area contributed by atoms with Gasteiger partial charge in [0, 0.05) is 285 Å².